The van der Waals surface area contributed by atoms with E-state index in [1.165, 1.54) is 20.8 Å². The van der Waals surface area contributed by atoms with Crippen molar-refractivity contribution in [2.45, 2.75) is 20.8 Å². The van der Waals surface area contributed by atoms with Gasteiger partial charge in [-0.3, -0.25) is 0 Å². The molecule has 0 saturated carbocycles. The molecule has 0 aliphatic rings. The Morgan fingerprint density at radius 1 is 0.361 bits per heavy atom. The third kappa shape index (κ3) is 6.45. The first kappa shape index (κ1) is 15.4. The van der Waals surface area contributed by atoms with Crippen LogP contribution in [-0.4, -0.2) is 0 Å². The molecule has 61 heavy (non-hydrogen) atoms. The van der Waals surface area contributed by atoms with Crippen molar-refractivity contribution in [2.24, 2.45) is 0 Å². The molecule has 11 aromatic rings. The molecule has 0 amide bonds. The average molecular weight is 816 g/mol. The van der Waals surface area contributed by atoms with E-state index in [0.717, 1.165) is 0 Å². The molecule has 0 saturated heterocycles. The Morgan fingerprint density at radius 2 is 0.967 bits per heavy atom. The molecule has 0 unspecified atom stereocenters. The predicted octanol–water partition coefficient (Wildman–Crippen LogP) is 17.0. The van der Waals surface area contributed by atoms with E-state index in [9.17, 15) is 21.9 Å². The topological polar surface area (TPSA) is 16.4 Å². The first-order chi connectivity index (χ1) is 44.2. The number of hydrogen-bond acceptors (Lipinski definition) is 2. The highest BCUT2D eigenvalue weighted by Gasteiger charge is 2.23. The van der Waals surface area contributed by atoms with Crippen molar-refractivity contribution in [3.8, 4) is 44.5 Å². The van der Waals surface area contributed by atoms with Gasteiger partial charge in [-0.1, -0.05) is 157 Å². The molecule has 0 spiro atoms. The summed E-state index contributed by atoms with van der Waals surface area (Å²) >= 11 is 0. The smallest absolute Gasteiger partial charge is 0.159 e. The third-order valence-corrected chi connectivity index (χ3v) is 9.68. The molecule has 0 aliphatic heterocycles. The van der Waals surface area contributed by atoms with Gasteiger partial charge >= 0.3 is 0 Å². The number of fused-ring (bicyclic) bond motifs is 6. The molecular formula is C59H43NO. The Bertz CT molecular complexity index is 5250. The van der Waals surface area contributed by atoms with Gasteiger partial charge in [0.05, 0.1) is 52.3 Å². The number of anilines is 3. The van der Waals surface area contributed by atoms with Crippen LogP contribution in [0, 0.1) is 20.8 Å². The van der Waals surface area contributed by atoms with E-state index in [-0.39, 0.29) is 22.1 Å². The molecule has 0 aliphatic carbocycles. The van der Waals surface area contributed by atoms with E-state index < -0.39 is 305 Å². The van der Waals surface area contributed by atoms with E-state index in [2.05, 4.69) is 0 Å². The molecule has 290 valence electrons. The molecule has 1 heterocycles. The molecular weight excluding hydrogens is 739 g/mol. The van der Waals surface area contributed by atoms with Crippen molar-refractivity contribution in [3.05, 3.63) is 222 Å². The van der Waals surface area contributed by atoms with Crippen molar-refractivity contribution < 1.29 is 51.0 Å². The summed E-state index contributed by atoms with van der Waals surface area (Å²) in [6, 6.07) is -33.1. The maximum Gasteiger partial charge on any atom is 0.159 e. The fourth-order valence-electron chi connectivity index (χ4n) is 6.90. The monoisotopic (exact) mass is 816 g/mol. The lowest BCUT2D eigenvalue weighted by molar-refractivity contribution is 0.673. The van der Waals surface area contributed by atoms with E-state index in [1.54, 1.807) is 0 Å². The van der Waals surface area contributed by atoms with Crippen LogP contribution < -0.4 is 4.90 Å². The highest BCUT2D eigenvalue weighted by Crippen LogP contribution is 2.47. The highest BCUT2D eigenvalue weighted by atomic mass is 16.3. The molecule has 0 fully saturated rings. The molecule has 0 radical (unpaired) electrons. The van der Waals surface area contributed by atoms with E-state index in [0.29, 0.717) is 4.90 Å². The summed E-state index contributed by atoms with van der Waals surface area (Å²) in [5, 5.41) is -3.93. The zero-order valence-electron chi connectivity index (χ0n) is 65.9. The van der Waals surface area contributed by atoms with Gasteiger partial charge in [0.25, 0.3) is 0 Å². The first-order valence-electron chi connectivity index (χ1n) is 35.3. The van der Waals surface area contributed by atoms with Gasteiger partial charge in [0.15, 0.2) is 5.58 Å². The summed E-state index contributed by atoms with van der Waals surface area (Å²) < 4.78 is 320. The molecule has 0 atom stereocenters. The van der Waals surface area contributed by atoms with Crippen LogP contribution in [0.2, 0.25) is 0 Å². The third-order valence-electron chi connectivity index (χ3n) is 9.68. The SMILES string of the molecule is [2H]c1c([2H])c([2H])c(-c2c([2H])c([2H])c(N(c3c([2H])c(C)c4c([2H])c([2H])c(C)c([2H])c4c3[2H])c3c([2H])c([2H])c([2H])c4c3oc3c5c([2H])c([2H])c([2H])c([2H])c5c(-c5c([2H])c(-c6c([2H])c([2H])c([2H])c([2H])c6[2H])c([2H])c(-c6c([2H])c([2H])c([2H])c([2H])c6C)c5[2H])c([2H])c34)c([2H])c2[2H])c([2H])c1[2H]. The van der Waals surface area contributed by atoms with Crippen molar-refractivity contribution in [1.82, 2.24) is 0 Å². The summed E-state index contributed by atoms with van der Waals surface area (Å²) in [7, 11) is 0. The zero-order valence-corrected chi connectivity index (χ0v) is 31.9. The summed E-state index contributed by atoms with van der Waals surface area (Å²) in [5.74, 6) is 0. The van der Waals surface area contributed by atoms with Gasteiger partial charge in [0.1, 0.15) is 5.58 Å². The average Bonchev–Trinajstić information content (AvgIpc) is 1.64. The summed E-state index contributed by atoms with van der Waals surface area (Å²) in [6.07, 6.45) is 0. The second kappa shape index (κ2) is 14.9. The number of nitrogens with zero attached hydrogens (tertiary/aromatic N) is 1. The zero-order chi connectivity index (χ0) is 70.6. The van der Waals surface area contributed by atoms with E-state index in [4.69, 9.17) is 29.1 Å². The number of rotatable bonds is 7. The summed E-state index contributed by atoms with van der Waals surface area (Å²) in [4.78, 5) is 0.544. The molecule has 0 N–H and O–H groups in total. The standard InChI is InChI=1S/C59H43NO/c1-38-25-30-51-40(3)32-49(36-45(51)31-38)60(48-28-26-43(27-29-48)41-16-6-4-7-17-41)57-24-14-23-54-56-37-55(52-21-12-13-22-53(52)58(56)61-59(54)57)47-34-44(42-18-8-5-9-19-42)33-46(35-47)50-20-11-10-15-39(50)2/h4-37H,1-3H3/i4D,5D,6D,7D,8D,9D,10D,11D,12D,13D,14D,15D,16D,17D,18D,19D,20D,21D,22D,23D,24D,25D,26D,27D,28D,29D,30D,31D,32D,33D,34D,35D,36D,37D. The molecule has 11 rings (SSSR count). The van der Waals surface area contributed by atoms with Crippen LogP contribution in [0.1, 0.15) is 63.3 Å². The van der Waals surface area contributed by atoms with E-state index in [1.807, 2.05) is 0 Å². The van der Waals surface area contributed by atoms with Gasteiger partial charge in [0.2, 0.25) is 0 Å². The number of furan rings is 1. The predicted molar refractivity (Wildman–Crippen MR) is 259 cm³/mol. The minimum Gasteiger partial charge on any atom is -0.453 e. The Hall–Kier alpha value is -7.68. The quantitative estimate of drug-likeness (QED) is 0.159. The lowest BCUT2D eigenvalue weighted by Crippen LogP contribution is -2.10. The molecule has 2 nitrogen and oxygen atoms in total. The van der Waals surface area contributed by atoms with Crippen LogP contribution in [0.4, 0.5) is 17.1 Å². The fourth-order valence-corrected chi connectivity index (χ4v) is 6.90. The second-order valence-electron chi connectivity index (χ2n) is 13.5. The Labute approximate surface area is 404 Å². The minimum atomic E-state index is -1.21. The number of benzene rings is 10. The Morgan fingerprint density at radius 3 is 1.74 bits per heavy atom. The van der Waals surface area contributed by atoms with Crippen LogP contribution in [-0.2, 0) is 0 Å². The van der Waals surface area contributed by atoms with Crippen LogP contribution in [0.3, 0.4) is 0 Å². The van der Waals surface area contributed by atoms with Gasteiger partial charge in [-0.2, -0.15) is 0 Å². The van der Waals surface area contributed by atoms with E-state index >= 15 is 0 Å². The Kier molecular flexibility index (Phi) is 3.75. The van der Waals surface area contributed by atoms with Gasteiger partial charge in [-0.15, -0.1) is 0 Å². The van der Waals surface area contributed by atoms with Crippen LogP contribution in [0.5, 0.6) is 0 Å². The number of hydrogen-bond donors (Lipinski definition) is 0. The molecule has 0 bridgehead atoms. The minimum absolute atomic E-state index is 0.166. The van der Waals surface area contributed by atoms with Crippen LogP contribution in [0.15, 0.2) is 210 Å². The fraction of sp³-hybridized carbons (Fsp3) is 0.0508. The lowest BCUT2D eigenvalue weighted by atomic mass is 9.89. The summed E-state index contributed by atoms with van der Waals surface area (Å²) in [5.41, 5.74) is -12.3. The van der Waals surface area contributed by atoms with Gasteiger partial charge < -0.3 is 9.32 Å². The second-order valence-corrected chi connectivity index (χ2v) is 13.5. The van der Waals surface area contributed by atoms with Gasteiger partial charge in [-0.05, 0) is 147 Å². The number of para-hydroxylation sites is 1. The van der Waals surface area contributed by atoms with Crippen molar-refractivity contribution in [2.75, 3.05) is 4.90 Å². The molecule has 10 aromatic carbocycles. The largest absolute Gasteiger partial charge is 0.453 e. The van der Waals surface area contributed by atoms with Crippen molar-refractivity contribution in [3.63, 3.8) is 0 Å². The number of aryl methyl sites for hydroxylation is 1. The van der Waals surface area contributed by atoms with Gasteiger partial charge in [0, 0.05) is 27.5 Å². The summed E-state index contributed by atoms with van der Waals surface area (Å²) in [6.45, 7) is 3.70. The van der Waals surface area contributed by atoms with Gasteiger partial charge in [-0.25, -0.2) is 0 Å². The maximum absolute atomic E-state index is 10.4. The van der Waals surface area contributed by atoms with Crippen molar-refractivity contribution >= 4 is 60.5 Å². The van der Waals surface area contributed by atoms with Crippen LogP contribution in [0.25, 0.3) is 88.0 Å². The molecule has 2 heteroatoms. The Balaban J connectivity index is 1.42. The first-order valence-corrected chi connectivity index (χ1v) is 18.3. The lowest BCUT2D eigenvalue weighted by Gasteiger charge is -2.26. The molecule has 1 aromatic heterocycles. The van der Waals surface area contributed by atoms with Crippen LogP contribution >= 0.6 is 0 Å². The van der Waals surface area contributed by atoms with Crippen molar-refractivity contribution in [1.29, 1.82) is 0 Å². The maximum atomic E-state index is 10.4. The normalized spacial score (nSPS) is 19.3. The highest BCUT2D eigenvalue weighted by molar-refractivity contribution is 6.21.